The summed E-state index contributed by atoms with van der Waals surface area (Å²) >= 11 is 1.85. The van der Waals surface area contributed by atoms with Crippen molar-refractivity contribution in [1.82, 2.24) is 0 Å². The third-order valence-corrected chi connectivity index (χ3v) is 7.27. The molecule has 4 aromatic rings. The first-order chi connectivity index (χ1) is 12.3. The molecule has 0 aliphatic heterocycles. The van der Waals surface area contributed by atoms with Crippen LogP contribution in [0.25, 0.3) is 10.8 Å². The zero-order valence-electron chi connectivity index (χ0n) is 14.1. The molecule has 1 atom stereocenters. The Kier molecular flexibility index (Phi) is 4.82. The van der Waals surface area contributed by atoms with E-state index in [0.717, 1.165) is 0 Å². The third kappa shape index (κ3) is 3.46. The minimum Gasteiger partial charge on any atom is -0.0893 e. The molecule has 0 amide bonds. The molecule has 0 saturated carbocycles. The first-order valence-corrected chi connectivity index (χ1v) is 10.7. The second-order valence-corrected chi connectivity index (χ2v) is 8.90. The maximum atomic E-state index is 2.33. The lowest BCUT2D eigenvalue weighted by atomic mass is 10.1. The van der Waals surface area contributed by atoms with Crippen molar-refractivity contribution in [3.63, 3.8) is 0 Å². The SMILES string of the molecule is C[S+](c1ccccc1)c1cccc2cccc(Sc3ccccc3)c12. The van der Waals surface area contributed by atoms with Crippen LogP contribution < -0.4 is 0 Å². The molecule has 0 bridgehead atoms. The van der Waals surface area contributed by atoms with Gasteiger partial charge in [-0.3, -0.25) is 0 Å². The molecule has 0 spiro atoms. The summed E-state index contributed by atoms with van der Waals surface area (Å²) in [4.78, 5) is 5.41. The smallest absolute Gasteiger partial charge is 0.0893 e. The predicted octanol–water partition coefficient (Wildman–Crippen LogP) is 6.66. The van der Waals surface area contributed by atoms with Crippen LogP contribution in [0.1, 0.15) is 0 Å². The Balaban J connectivity index is 1.85. The molecule has 0 radical (unpaired) electrons. The van der Waals surface area contributed by atoms with E-state index >= 15 is 0 Å². The highest BCUT2D eigenvalue weighted by Crippen LogP contribution is 2.38. The lowest BCUT2D eigenvalue weighted by Crippen LogP contribution is -2.01. The number of hydrogen-bond donors (Lipinski definition) is 0. The van der Waals surface area contributed by atoms with E-state index in [0.29, 0.717) is 0 Å². The molecule has 122 valence electrons. The fourth-order valence-electron chi connectivity index (χ4n) is 2.98. The van der Waals surface area contributed by atoms with E-state index in [1.807, 2.05) is 11.8 Å². The Morgan fingerprint density at radius 1 is 0.640 bits per heavy atom. The van der Waals surface area contributed by atoms with Crippen LogP contribution in [-0.4, -0.2) is 6.26 Å². The summed E-state index contributed by atoms with van der Waals surface area (Å²) in [6.45, 7) is 0. The minimum absolute atomic E-state index is 0.0470. The van der Waals surface area contributed by atoms with E-state index in [9.17, 15) is 0 Å². The molecule has 4 rings (SSSR count). The molecule has 0 saturated heterocycles. The van der Waals surface area contributed by atoms with Crippen LogP contribution in [0.4, 0.5) is 0 Å². The Bertz CT molecular complexity index is 973. The molecule has 1 unspecified atom stereocenters. The first kappa shape index (κ1) is 16.3. The molecule has 0 aliphatic carbocycles. The lowest BCUT2D eigenvalue weighted by Gasteiger charge is -2.11. The molecule has 0 N–H and O–H groups in total. The summed E-state index contributed by atoms with van der Waals surface area (Å²) in [5.41, 5.74) is 0. The normalized spacial score (nSPS) is 12.2. The summed E-state index contributed by atoms with van der Waals surface area (Å²) in [7, 11) is 0.0470. The van der Waals surface area contributed by atoms with Crippen LogP contribution in [0, 0.1) is 0 Å². The van der Waals surface area contributed by atoms with E-state index in [-0.39, 0.29) is 10.9 Å². The highest BCUT2D eigenvalue weighted by Gasteiger charge is 2.23. The molecule has 25 heavy (non-hydrogen) atoms. The predicted molar refractivity (Wildman–Crippen MR) is 111 cm³/mol. The standard InChI is InChI=1S/C23H19S2/c1-25(20-14-6-3-7-15-20)22-17-9-11-18-10-8-16-21(23(18)22)24-19-12-4-2-5-13-19/h2-17H,1H3/q+1. The average Bonchev–Trinajstić information content (AvgIpc) is 2.69. The molecular weight excluding hydrogens is 340 g/mol. The van der Waals surface area contributed by atoms with E-state index < -0.39 is 0 Å². The van der Waals surface area contributed by atoms with Crippen molar-refractivity contribution in [2.24, 2.45) is 0 Å². The molecule has 2 heteroatoms. The second kappa shape index (κ2) is 7.38. The van der Waals surface area contributed by atoms with Crippen molar-refractivity contribution in [3.8, 4) is 0 Å². The van der Waals surface area contributed by atoms with Gasteiger partial charge < -0.3 is 0 Å². The second-order valence-electron chi connectivity index (χ2n) is 5.85. The summed E-state index contributed by atoms with van der Waals surface area (Å²) in [6, 6.07) is 34.7. The highest BCUT2D eigenvalue weighted by atomic mass is 32.2. The van der Waals surface area contributed by atoms with Gasteiger partial charge in [-0.15, -0.1) is 0 Å². The van der Waals surface area contributed by atoms with Crippen LogP contribution in [-0.2, 0) is 10.9 Å². The van der Waals surface area contributed by atoms with E-state index in [1.54, 1.807) is 0 Å². The highest BCUT2D eigenvalue weighted by molar-refractivity contribution is 7.99. The zero-order chi connectivity index (χ0) is 17.1. The van der Waals surface area contributed by atoms with Crippen LogP contribution in [0.2, 0.25) is 0 Å². The topological polar surface area (TPSA) is 0 Å². The molecule has 0 heterocycles. The van der Waals surface area contributed by atoms with Gasteiger partial charge in [0, 0.05) is 9.79 Å². The monoisotopic (exact) mass is 359 g/mol. The molecular formula is C23H19S2+. The molecule has 4 aromatic carbocycles. The summed E-state index contributed by atoms with van der Waals surface area (Å²) in [5.74, 6) is 0. The van der Waals surface area contributed by atoms with Gasteiger partial charge in [0.25, 0.3) is 0 Å². The van der Waals surface area contributed by atoms with E-state index in [1.165, 1.54) is 30.4 Å². The van der Waals surface area contributed by atoms with Crippen molar-refractivity contribution in [3.05, 3.63) is 97.1 Å². The van der Waals surface area contributed by atoms with Gasteiger partial charge in [-0.25, -0.2) is 0 Å². The van der Waals surface area contributed by atoms with Gasteiger partial charge in [0.1, 0.15) is 6.26 Å². The Morgan fingerprint density at radius 3 is 2.00 bits per heavy atom. The molecule has 0 aliphatic rings. The van der Waals surface area contributed by atoms with Crippen LogP contribution >= 0.6 is 11.8 Å². The minimum atomic E-state index is 0.0470. The maximum Gasteiger partial charge on any atom is 0.169 e. The summed E-state index contributed by atoms with van der Waals surface area (Å²) in [5, 5.41) is 2.70. The van der Waals surface area contributed by atoms with Gasteiger partial charge in [0.05, 0.1) is 16.3 Å². The van der Waals surface area contributed by atoms with E-state index in [4.69, 9.17) is 0 Å². The quantitative estimate of drug-likeness (QED) is 0.367. The van der Waals surface area contributed by atoms with Crippen LogP contribution in [0.5, 0.6) is 0 Å². The Hall–Kier alpha value is -2.16. The lowest BCUT2D eigenvalue weighted by molar-refractivity contribution is 1.37. The van der Waals surface area contributed by atoms with Gasteiger partial charge >= 0.3 is 0 Å². The number of hydrogen-bond acceptors (Lipinski definition) is 1. The van der Waals surface area contributed by atoms with Crippen molar-refractivity contribution in [1.29, 1.82) is 0 Å². The molecule has 0 fully saturated rings. The van der Waals surface area contributed by atoms with E-state index in [2.05, 4.69) is 103 Å². The fourth-order valence-corrected chi connectivity index (χ4v) is 5.70. The third-order valence-electron chi connectivity index (χ3n) is 4.23. The molecule has 0 aromatic heterocycles. The summed E-state index contributed by atoms with van der Waals surface area (Å²) in [6.07, 6.45) is 2.33. The van der Waals surface area contributed by atoms with Crippen molar-refractivity contribution >= 4 is 33.4 Å². The van der Waals surface area contributed by atoms with Gasteiger partial charge in [0.2, 0.25) is 0 Å². The summed E-state index contributed by atoms with van der Waals surface area (Å²) < 4.78 is 0. The Labute approximate surface area is 156 Å². The zero-order valence-corrected chi connectivity index (χ0v) is 15.7. The Morgan fingerprint density at radius 2 is 1.28 bits per heavy atom. The van der Waals surface area contributed by atoms with Gasteiger partial charge in [-0.1, -0.05) is 72.4 Å². The first-order valence-electron chi connectivity index (χ1n) is 8.28. The van der Waals surface area contributed by atoms with Gasteiger partial charge in [-0.2, -0.15) is 0 Å². The maximum absolute atomic E-state index is 2.33. The van der Waals surface area contributed by atoms with Gasteiger partial charge in [-0.05, 0) is 41.8 Å². The number of benzene rings is 4. The largest absolute Gasteiger partial charge is 0.169 e. The fraction of sp³-hybridized carbons (Fsp3) is 0.0435. The number of fused-ring (bicyclic) bond motifs is 1. The molecule has 0 nitrogen and oxygen atoms in total. The van der Waals surface area contributed by atoms with Crippen molar-refractivity contribution in [2.45, 2.75) is 19.6 Å². The van der Waals surface area contributed by atoms with Crippen molar-refractivity contribution in [2.75, 3.05) is 6.26 Å². The number of rotatable bonds is 4. The van der Waals surface area contributed by atoms with Gasteiger partial charge in [0.15, 0.2) is 9.79 Å². The average molecular weight is 360 g/mol. The van der Waals surface area contributed by atoms with Crippen LogP contribution in [0.3, 0.4) is 0 Å². The van der Waals surface area contributed by atoms with Crippen LogP contribution in [0.15, 0.2) is 117 Å². The van der Waals surface area contributed by atoms with Crippen molar-refractivity contribution < 1.29 is 0 Å².